The number of hydrogen-bond acceptors (Lipinski definition) is 3. The lowest BCUT2D eigenvalue weighted by Gasteiger charge is -2.29. The minimum atomic E-state index is 0. The van der Waals surface area contributed by atoms with Crippen LogP contribution in [0.2, 0.25) is 0 Å². The molecule has 1 aliphatic rings. The summed E-state index contributed by atoms with van der Waals surface area (Å²) in [6, 6.07) is 3.91. The van der Waals surface area contributed by atoms with E-state index >= 15 is 0 Å². The van der Waals surface area contributed by atoms with Crippen LogP contribution in [0.5, 0.6) is 0 Å². The second-order valence-electron chi connectivity index (χ2n) is 5.20. The Labute approximate surface area is 120 Å². The van der Waals surface area contributed by atoms with E-state index in [0.29, 0.717) is 24.1 Å². The number of nitrogen functional groups attached to an aromatic ring is 1. The van der Waals surface area contributed by atoms with Crippen molar-refractivity contribution in [3.63, 3.8) is 0 Å². The number of hydrogen-bond donors (Lipinski definition) is 2. The summed E-state index contributed by atoms with van der Waals surface area (Å²) in [4.78, 5) is 16.1. The number of anilines is 1. The largest absolute Gasteiger partial charge is 0.397 e. The van der Waals surface area contributed by atoms with Crippen molar-refractivity contribution in [2.75, 3.05) is 5.73 Å². The number of nitrogens with zero attached hydrogens (tertiary/aromatic N) is 1. The van der Waals surface area contributed by atoms with Gasteiger partial charge in [-0.25, -0.2) is 0 Å². The van der Waals surface area contributed by atoms with E-state index in [1.165, 1.54) is 19.3 Å². The van der Waals surface area contributed by atoms with Gasteiger partial charge < -0.3 is 11.1 Å². The Kier molecular flexibility index (Phi) is 6.09. The summed E-state index contributed by atoms with van der Waals surface area (Å²) < 4.78 is 0. The summed E-state index contributed by atoms with van der Waals surface area (Å²) in [5.74, 6) is 0.646. The fourth-order valence-corrected chi connectivity index (χ4v) is 2.49. The molecule has 1 saturated carbocycles. The lowest BCUT2D eigenvalue weighted by Crippen LogP contribution is -2.41. The Morgan fingerprint density at radius 1 is 1.42 bits per heavy atom. The lowest BCUT2D eigenvalue weighted by molar-refractivity contribution is -0.121. The van der Waals surface area contributed by atoms with Gasteiger partial charge in [-0.05, 0) is 30.9 Å². The van der Waals surface area contributed by atoms with E-state index in [0.717, 1.165) is 12.1 Å². The third-order valence-corrected chi connectivity index (χ3v) is 3.65. The zero-order valence-electron chi connectivity index (χ0n) is 11.3. The first-order valence-corrected chi connectivity index (χ1v) is 6.65. The highest BCUT2D eigenvalue weighted by molar-refractivity contribution is 5.85. The van der Waals surface area contributed by atoms with Gasteiger partial charge in [0.1, 0.15) is 0 Å². The van der Waals surface area contributed by atoms with Crippen LogP contribution in [0, 0.1) is 5.92 Å². The predicted octanol–water partition coefficient (Wildman–Crippen LogP) is 2.32. The van der Waals surface area contributed by atoms with E-state index in [4.69, 9.17) is 5.73 Å². The Hall–Kier alpha value is -1.29. The molecule has 19 heavy (non-hydrogen) atoms. The van der Waals surface area contributed by atoms with Crippen LogP contribution >= 0.6 is 12.4 Å². The van der Waals surface area contributed by atoms with Gasteiger partial charge in [-0.15, -0.1) is 12.4 Å². The molecule has 5 heteroatoms. The number of pyridine rings is 1. The molecule has 0 aromatic carbocycles. The number of nitrogens with one attached hydrogen (secondary N) is 1. The van der Waals surface area contributed by atoms with E-state index in [1.807, 2.05) is 0 Å². The standard InChI is InChI=1S/C14H21N3O.ClH/c1-10-4-2-3-5-13(10)17-14(18)8-12-7-6-11(15)9-16-12;/h6-7,9-10,13H,2-5,8,15H2,1H3,(H,17,18);1H. The predicted molar refractivity (Wildman–Crippen MR) is 79.2 cm³/mol. The maximum Gasteiger partial charge on any atom is 0.226 e. The zero-order chi connectivity index (χ0) is 13.0. The summed E-state index contributed by atoms with van der Waals surface area (Å²) in [6.45, 7) is 2.21. The molecule has 3 N–H and O–H groups in total. The topological polar surface area (TPSA) is 68.0 Å². The van der Waals surface area contributed by atoms with Crippen molar-refractivity contribution in [3.8, 4) is 0 Å². The van der Waals surface area contributed by atoms with Crippen molar-refractivity contribution in [1.29, 1.82) is 0 Å². The molecular formula is C14H22ClN3O. The number of carbonyl (C=O) groups is 1. The molecule has 0 aliphatic heterocycles. The van der Waals surface area contributed by atoms with E-state index < -0.39 is 0 Å². The zero-order valence-corrected chi connectivity index (χ0v) is 12.1. The summed E-state index contributed by atoms with van der Waals surface area (Å²) >= 11 is 0. The molecule has 1 amide bonds. The van der Waals surface area contributed by atoms with Gasteiger partial charge in [0.2, 0.25) is 5.91 Å². The summed E-state index contributed by atoms with van der Waals surface area (Å²) in [7, 11) is 0. The van der Waals surface area contributed by atoms with Gasteiger partial charge in [-0.3, -0.25) is 9.78 Å². The molecule has 1 fully saturated rings. The number of carbonyl (C=O) groups excluding carboxylic acids is 1. The van der Waals surface area contributed by atoms with Crippen molar-refractivity contribution in [1.82, 2.24) is 10.3 Å². The SMILES string of the molecule is CC1CCCCC1NC(=O)Cc1ccc(N)cn1.Cl. The fraction of sp³-hybridized carbons (Fsp3) is 0.571. The van der Waals surface area contributed by atoms with Gasteiger partial charge in [-0.2, -0.15) is 0 Å². The summed E-state index contributed by atoms with van der Waals surface area (Å²) in [5.41, 5.74) is 6.96. The monoisotopic (exact) mass is 283 g/mol. The van der Waals surface area contributed by atoms with Crippen molar-refractivity contribution in [2.45, 2.75) is 45.1 Å². The second-order valence-corrected chi connectivity index (χ2v) is 5.20. The van der Waals surface area contributed by atoms with Gasteiger partial charge in [-0.1, -0.05) is 19.8 Å². The molecule has 1 heterocycles. The van der Waals surface area contributed by atoms with Crippen LogP contribution in [-0.2, 0) is 11.2 Å². The first kappa shape index (κ1) is 15.8. The smallest absolute Gasteiger partial charge is 0.226 e. The van der Waals surface area contributed by atoms with Crippen molar-refractivity contribution < 1.29 is 4.79 Å². The molecule has 0 bridgehead atoms. The molecule has 1 aromatic rings. The van der Waals surface area contributed by atoms with E-state index in [1.54, 1.807) is 18.3 Å². The molecule has 1 aromatic heterocycles. The number of rotatable bonds is 3. The molecular weight excluding hydrogens is 262 g/mol. The molecule has 4 nitrogen and oxygen atoms in total. The molecule has 2 rings (SSSR count). The third-order valence-electron chi connectivity index (χ3n) is 3.65. The Balaban J connectivity index is 0.00000180. The van der Waals surface area contributed by atoms with Gasteiger partial charge >= 0.3 is 0 Å². The first-order chi connectivity index (χ1) is 8.65. The van der Waals surface area contributed by atoms with Crippen molar-refractivity contribution in [2.24, 2.45) is 5.92 Å². The van der Waals surface area contributed by atoms with Gasteiger partial charge in [0.05, 0.1) is 18.3 Å². The van der Waals surface area contributed by atoms with Crippen LogP contribution in [0.4, 0.5) is 5.69 Å². The normalized spacial score (nSPS) is 22.4. The number of aromatic nitrogens is 1. The number of halogens is 1. The second kappa shape index (κ2) is 7.34. The summed E-state index contributed by atoms with van der Waals surface area (Å²) in [5, 5.41) is 3.12. The van der Waals surface area contributed by atoms with Crippen LogP contribution in [0.15, 0.2) is 18.3 Å². The number of amides is 1. The van der Waals surface area contributed by atoms with Crippen LogP contribution in [0.3, 0.4) is 0 Å². The van der Waals surface area contributed by atoms with Crippen LogP contribution in [-0.4, -0.2) is 16.9 Å². The molecule has 106 valence electrons. The van der Waals surface area contributed by atoms with Crippen molar-refractivity contribution in [3.05, 3.63) is 24.0 Å². The highest BCUT2D eigenvalue weighted by atomic mass is 35.5. The minimum absolute atomic E-state index is 0. The Morgan fingerprint density at radius 2 is 2.16 bits per heavy atom. The number of nitrogens with two attached hydrogens (primary N) is 1. The Bertz CT molecular complexity index is 408. The highest BCUT2D eigenvalue weighted by Gasteiger charge is 2.22. The van der Waals surface area contributed by atoms with Crippen LogP contribution in [0.25, 0.3) is 0 Å². The molecule has 0 radical (unpaired) electrons. The quantitative estimate of drug-likeness (QED) is 0.894. The average Bonchev–Trinajstić information content (AvgIpc) is 2.35. The third kappa shape index (κ3) is 4.71. The average molecular weight is 284 g/mol. The highest BCUT2D eigenvalue weighted by Crippen LogP contribution is 2.23. The van der Waals surface area contributed by atoms with E-state index in [9.17, 15) is 4.79 Å². The molecule has 0 spiro atoms. The molecule has 0 saturated heterocycles. The van der Waals surface area contributed by atoms with Crippen LogP contribution < -0.4 is 11.1 Å². The van der Waals surface area contributed by atoms with Gasteiger partial charge in [0, 0.05) is 11.7 Å². The fourth-order valence-electron chi connectivity index (χ4n) is 2.49. The first-order valence-electron chi connectivity index (χ1n) is 6.65. The lowest BCUT2D eigenvalue weighted by atomic mass is 9.86. The summed E-state index contributed by atoms with van der Waals surface area (Å²) in [6.07, 6.45) is 6.74. The minimum Gasteiger partial charge on any atom is -0.397 e. The van der Waals surface area contributed by atoms with E-state index in [-0.39, 0.29) is 18.3 Å². The van der Waals surface area contributed by atoms with Crippen molar-refractivity contribution >= 4 is 24.0 Å². The van der Waals surface area contributed by atoms with Gasteiger partial charge in [0.15, 0.2) is 0 Å². The maximum absolute atomic E-state index is 11.9. The Morgan fingerprint density at radius 3 is 2.79 bits per heavy atom. The van der Waals surface area contributed by atoms with Gasteiger partial charge in [0.25, 0.3) is 0 Å². The van der Waals surface area contributed by atoms with E-state index in [2.05, 4.69) is 17.2 Å². The molecule has 2 unspecified atom stereocenters. The molecule has 1 aliphatic carbocycles. The van der Waals surface area contributed by atoms with Crippen LogP contribution in [0.1, 0.15) is 38.3 Å². The maximum atomic E-state index is 11.9. The molecule has 2 atom stereocenters.